The lowest BCUT2D eigenvalue weighted by molar-refractivity contribution is 0.250. The predicted octanol–water partition coefficient (Wildman–Crippen LogP) is 1.62. The zero-order valence-electron chi connectivity index (χ0n) is 12.2. The first-order chi connectivity index (χ1) is 9.49. The Balaban J connectivity index is 1.90. The molecule has 0 spiro atoms. The Morgan fingerprint density at radius 3 is 2.75 bits per heavy atom. The van der Waals surface area contributed by atoms with E-state index in [0.717, 1.165) is 17.1 Å². The van der Waals surface area contributed by atoms with E-state index in [1.807, 2.05) is 38.6 Å². The van der Waals surface area contributed by atoms with E-state index in [-0.39, 0.29) is 12.1 Å². The molecule has 2 N–H and O–H groups in total. The summed E-state index contributed by atoms with van der Waals surface area (Å²) in [6.45, 7) is 6.34. The molecule has 2 heterocycles. The molecular weight excluding hydrogens is 256 g/mol. The molecule has 0 fully saturated rings. The number of nitrogens with one attached hydrogen (secondary N) is 2. The van der Waals surface area contributed by atoms with Crippen LogP contribution in [0.15, 0.2) is 18.7 Å². The third-order valence-corrected chi connectivity index (χ3v) is 3.34. The van der Waals surface area contributed by atoms with Crippen LogP contribution in [-0.4, -0.2) is 31.9 Å². The number of nitrogens with zero attached hydrogens (tertiary/aromatic N) is 4. The highest BCUT2D eigenvalue weighted by molar-refractivity contribution is 5.90. The molecule has 0 radical (unpaired) electrons. The highest BCUT2D eigenvalue weighted by atomic mass is 16.2. The molecule has 0 aliphatic carbocycles. The average Bonchev–Trinajstić information content (AvgIpc) is 3.01. The molecular formula is C13H20N6O. The van der Waals surface area contributed by atoms with Gasteiger partial charge in [0.05, 0.1) is 23.4 Å². The number of anilines is 1. The van der Waals surface area contributed by atoms with Gasteiger partial charge in [0.25, 0.3) is 0 Å². The summed E-state index contributed by atoms with van der Waals surface area (Å²) in [7, 11) is 1.85. The minimum Gasteiger partial charge on any atom is -0.336 e. The van der Waals surface area contributed by atoms with Gasteiger partial charge in [0, 0.05) is 32.0 Å². The number of imidazole rings is 1. The lowest BCUT2D eigenvalue weighted by atomic mass is 10.3. The maximum atomic E-state index is 11.9. The maximum absolute atomic E-state index is 11.9. The lowest BCUT2D eigenvalue weighted by Gasteiger charge is -2.14. The first-order valence-electron chi connectivity index (χ1n) is 6.51. The number of aromatic nitrogens is 4. The van der Waals surface area contributed by atoms with Crippen LogP contribution in [-0.2, 0) is 7.05 Å². The van der Waals surface area contributed by atoms with Gasteiger partial charge in [-0.25, -0.2) is 9.78 Å². The Hall–Kier alpha value is -2.31. The van der Waals surface area contributed by atoms with Gasteiger partial charge in [-0.3, -0.25) is 4.68 Å². The molecule has 7 nitrogen and oxygen atoms in total. The van der Waals surface area contributed by atoms with Crippen LogP contribution in [0, 0.1) is 13.8 Å². The van der Waals surface area contributed by atoms with E-state index in [1.165, 1.54) is 0 Å². The molecule has 2 rings (SSSR count). The summed E-state index contributed by atoms with van der Waals surface area (Å²) in [6.07, 6.45) is 5.33. The second-order valence-electron chi connectivity index (χ2n) is 4.86. The Kier molecular flexibility index (Phi) is 4.07. The Morgan fingerprint density at radius 1 is 1.45 bits per heavy atom. The number of urea groups is 1. The fourth-order valence-electron chi connectivity index (χ4n) is 1.99. The molecule has 2 amide bonds. The topological polar surface area (TPSA) is 76.8 Å². The van der Waals surface area contributed by atoms with Crippen molar-refractivity contribution < 1.29 is 4.79 Å². The molecule has 0 saturated carbocycles. The Labute approximate surface area is 118 Å². The van der Waals surface area contributed by atoms with Crippen LogP contribution in [0.3, 0.4) is 0 Å². The summed E-state index contributed by atoms with van der Waals surface area (Å²) < 4.78 is 3.69. The number of rotatable bonds is 4. The number of hydrogen-bond acceptors (Lipinski definition) is 3. The largest absolute Gasteiger partial charge is 0.336 e. The van der Waals surface area contributed by atoms with Gasteiger partial charge < -0.3 is 15.2 Å². The zero-order valence-corrected chi connectivity index (χ0v) is 12.2. The van der Waals surface area contributed by atoms with Gasteiger partial charge >= 0.3 is 6.03 Å². The van der Waals surface area contributed by atoms with Crippen LogP contribution in [0.4, 0.5) is 10.5 Å². The summed E-state index contributed by atoms with van der Waals surface area (Å²) in [5, 5.41) is 9.95. The van der Waals surface area contributed by atoms with Crippen molar-refractivity contribution in [3.05, 3.63) is 30.1 Å². The van der Waals surface area contributed by atoms with Gasteiger partial charge in [-0.05, 0) is 20.8 Å². The van der Waals surface area contributed by atoms with Crippen LogP contribution < -0.4 is 10.6 Å². The quantitative estimate of drug-likeness (QED) is 0.890. The molecule has 0 saturated heterocycles. The standard InChI is InChI=1S/C13H20N6O/c1-9(19-6-5-14-8-19)7-15-13(20)16-12-10(2)17-18(4)11(12)3/h5-6,8-9H,7H2,1-4H3,(H2,15,16,20)/t9-/m1/s1. The van der Waals surface area contributed by atoms with Crippen LogP contribution >= 0.6 is 0 Å². The smallest absolute Gasteiger partial charge is 0.319 e. The number of aryl methyl sites for hydroxylation is 2. The highest BCUT2D eigenvalue weighted by Gasteiger charge is 2.13. The Morgan fingerprint density at radius 2 is 2.20 bits per heavy atom. The van der Waals surface area contributed by atoms with E-state index in [2.05, 4.69) is 20.7 Å². The third-order valence-electron chi connectivity index (χ3n) is 3.34. The molecule has 0 aliphatic heterocycles. The number of amides is 2. The molecule has 2 aromatic rings. The minimum absolute atomic E-state index is 0.152. The normalized spacial score (nSPS) is 12.2. The highest BCUT2D eigenvalue weighted by Crippen LogP contribution is 2.17. The van der Waals surface area contributed by atoms with Crippen LogP contribution in [0.1, 0.15) is 24.4 Å². The molecule has 1 atom stereocenters. The maximum Gasteiger partial charge on any atom is 0.319 e. The summed E-state index contributed by atoms with van der Waals surface area (Å²) in [6, 6.07) is -0.0736. The van der Waals surface area contributed by atoms with Gasteiger partial charge in [-0.1, -0.05) is 0 Å². The third kappa shape index (κ3) is 2.98. The monoisotopic (exact) mass is 276 g/mol. The fraction of sp³-hybridized carbons (Fsp3) is 0.462. The summed E-state index contributed by atoms with van der Waals surface area (Å²) in [4.78, 5) is 15.9. The van der Waals surface area contributed by atoms with Crippen molar-refractivity contribution in [2.45, 2.75) is 26.8 Å². The van der Waals surface area contributed by atoms with Gasteiger partial charge in [0.1, 0.15) is 0 Å². The van der Waals surface area contributed by atoms with Crippen LogP contribution in [0.25, 0.3) is 0 Å². The second-order valence-corrected chi connectivity index (χ2v) is 4.86. The molecule has 0 aliphatic rings. The van der Waals surface area contributed by atoms with Crippen LogP contribution in [0.2, 0.25) is 0 Å². The molecule has 0 bridgehead atoms. The predicted molar refractivity (Wildman–Crippen MR) is 76.6 cm³/mol. The summed E-state index contributed by atoms with van der Waals surface area (Å²) in [5.41, 5.74) is 2.50. The molecule has 20 heavy (non-hydrogen) atoms. The molecule has 108 valence electrons. The zero-order chi connectivity index (χ0) is 14.7. The van der Waals surface area contributed by atoms with Crippen molar-refractivity contribution in [2.24, 2.45) is 7.05 Å². The van der Waals surface area contributed by atoms with Crippen LogP contribution in [0.5, 0.6) is 0 Å². The van der Waals surface area contributed by atoms with E-state index in [0.29, 0.717) is 6.54 Å². The number of hydrogen-bond donors (Lipinski definition) is 2. The fourth-order valence-corrected chi connectivity index (χ4v) is 1.99. The molecule has 7 heteroatoms. The molecule has 2 aromatic heterocycles. The summed E-state index contributed by atoms with van der Waals surface area (Å²) in [5.74, 6) is 0. The van der Waals surface area contributed by atoms with E-state index in [4.69, 9.17) is 0 Å². The first-order valence-corrected chi connectivity index (χ1v) is 6.51. The minimum atomic E-state index is -0.226. The van der Waals surface area contributed by atoms with Crippen molar-refractivity contribution in [1.29, 1.82) is 0 Å². The van der Waals surface area contributed by atoms with Crippen molar-refractivity contribution >= 4 is 11.7 Å². The van der Waals surface area contributed by atoms with Crippen molar-refractivity contribution in [2.75, 3.05) is 11.9 Å². The van der Waals surface area contributed by atoms with Crippen molar-refractivity contribution in [3.63, 3.8) is 0 Å². The van der Waals surface area contributed by atoms with Gasteiger partial charge in [-0.15, -0.1) is 0 Å². The van der Waals surface area contributed by atoms with E-state index in [9.17, 15) is 4.79 Å². The SMILES string of the molecule is Cc1nn(C)c(C)c1NC(=O)NC[C@@H](C)n1ccnc1. The summed E-state index contributed by atoms with van der Waals surface area (Å²) >= 11 is 0. The van der Waals surface area contributed by atoms with Gasteiger partial charge in [-0.2, -0.15) is 5.10 Å². The lowest BCUT2D eigenvalue weighted by Crippen LogP contribution is -2.33. The number of carbonyl (C=O) groups excluding carboxylic acids is 1. The first kappa shape index (κ1) is 14.1. The van der Waals surface area contributed by atoms with Crippen molar-refractivity contribution in [3.8, 4) is 0 Å². The van der Waals surface area contributed by atoms with Gasteiger partial charge in [0.15, 0.2) is 0 Å². The van der Waals surface area contributed by atoms with Crippen molar-refractivity contribution in [1.82, 2.24) is 24.6 Å². The van der Waals surface area contributed by atoms with E-state index < -0.39 is 0 Å². The van der Waals surface area contributed by atoms with Gasteiger partial charge in [0.2, 0.25) is 0 Å². The Bertz CT molecular complexity index is 586. The number of carbonyl (C=O) groups is 1. The molecule has 0 aromatic carbocycles. The second kappa shape index (κ2) is 5.77. The van der Waals surface area contributed by atoms with E-state index >= 15 is 0 Å². The van der Waals surface area contributed by atoms with E-state index in [1.54, 1.807) is 17.2 Å². The molecule has 0 unspecified atom stereocenters. The average molecular weight is 276 g/mol.